The van der Waals surface area contributed by atoms with Crippen LogP contribution in [-0.2, 0) is 16.0 Å². The molecule has 4 amide bonds. The highest BCUT2D eigenvalue weighted by Gasteiger charge is 2.38. The predicted octanol–water partition coefficient (Wildman–Crippen LogP) is 1.96. The molecule has 2 aliphatic rings. The first-order chi connectivity index (χ1) is 15.0. The van der Waals surface area contributed by atoms with E-state index in [1.165, 1.54) is 0 Å². The minimum Gasteiger partial charge on any atom is -0.497 e. The Morgan fingerprint density at radius 3 is 2.61 bits per heavy atom. The van der Waals surface area contributed by atoms with Crippen molar-refractivity contribution in [3.63, 3.8) is 0 Å². The molecule has 0 bridgehead atoms. The van der Waals surface area contributed by atoms with Crippen molar-refractivity contribution >= 4 is 23.5 Å². The van der Waals surface area contributed by atoms with Crippen LogP contribution >= 0.6 is 0 Å². The molecular formula is C22H23N3O6. The molecule has 1 saturated heterocycles. The van der Waals surface area contributed by atoms with E-state index < -0.39 is 18.0 Å². The molecule has 0 radical (unpaired) electrons. The van der Waals surface area contributed by atoms with Crippen LogP contribution in [0.25, 0.3) is 0 Å². The van der Waals surface area contributed by atoms with Crippen LogP contribution in [0.3, 0.4) is 0 Å². The third-order valence-electron chi connectivity index (χ3n) is 5.11. The molecule has 31 heavy (non-hydrogen) atoms. The fourth-order valence-electron chi connectivity index (χ4n) is 3.48. The summed E-state index contributed by atoms with van der Waals surface area (Å²) in [6.45, 7) is 1.16. The van der Waals surface area contributed by atoms with Crippen LogP contribution in [0.2, 0.25) is 0 Å². The molecule has 2 heterocycles. The van der Waals surface area contributed by atoms with E-state index in [2.05, 4.69) is 10.6 Å². The summed E-state index contributed by atoms with van der Waals surface area (Å²) in [6.07, 6.45) is 0.358. The Morgan fingerprint density at radius 2 is 1.87 bits per heavy atom. The third kappa shape index (κ3) is 4.71. The van der Waals surface area contributed by atoms with E-state index in [1.807, 2.05) is 24.3 Å². The van der Waals surface area contributed by atoms with Crippen LogP contribution < -0.4 is 24.8 Å². The first-order valence-corrected chi connectivity index (χ1v) is 9.98. The topological polar surface area (TPSA) is 106 Å². The van der Waals surface area contributed by atoms with Gasteiger partial charge in [-0.1, -0.05) is 12.1 Å². The van der Waals surface area contributed by atoms with Gasteiger partial charge in [0.25, 0.3) is 5.91 Å². The molecule has 9 nitrogen and oxygen atoms in total. The Balaban J connectivity index is 1.31. The number of hydrogen-bond acceptors (Lipinski definition) is 6. The van der Waals surface area contributed by atoms with Crippen molar-refractivity contribution in [3.8, 4) is 17.2 Å². The number of nitrogens with zero attached hydrogens (tertiary/aromatic N) is 1. The molecular weight excluding hydrogens is 402 g/mol. The Bertz CT molecular complexity index is 991. The van der Waals surface area contributed by atoms with E-state index in [4.69, 9.17) is 14.2 Å². The molecule has 2 aliphatic heterocycles. The maximum Gasteiger partial charge on any atom is 0.324 e. The number of urea groups is 1. The predicted molar refractivity (Wildman–Crippen MR) is 111 cm³/mol. The Kier molecular flexibility index (Phi) is 5.92. The summed E-state index contributed by atoms with van der Waals surface area (Å²) in [6, 6.07) is 11.1. The largest absolute Gasteiger partial charge is 0.497 e. The van der Waals surface area contributed by atoms with Crippen molar-refractivity contribution in [1.82, 2.24) is 10.2 Å². The fraction of sp³-hybridized carbons (Fsp3) is 0.318. The summed E-state index contributed by atoms with van der Waals surface area (Å²) >= 11 is 0. The Hall–Kier alpha value is -3.75. The van der Waals surface area contributed by atoms with Gasteiger partial charge in [-0.2, -0.15) is 0 Å². The monoisotopic (exact) mass is 425 g/mol. The first-order valence-electron chi connectivity index (χ1n) is 9.98. The number of nitrogens with one attached hydrogen (secondary N) is 2. The highest BCUT2D eigenvalue weighted by Crippen LogP contribution is 2.32. The third-order valence-corrected chi connectivity index (χ3v) is 5.11. The maximum absolute atomic E-state index is 12.6. The number of fused-ring (bicyclic) bond motifs is 1. The lowest BCUT2D eigenvalue weighted by Gasteiger charge is -2.19. The normalized spacial score (nSPS) is 17.3. The molecule has 9 heteroatoms. The molecule has 2 aromatic rings. The molecule has 1 atom stereocenters. The SMILES string of the molecule is COc1ccc(CCN2C(=O)N[C@H](CC(=O)Nc3ccc4c(c3)OCCO4)C2=O)cc1. The van der Waals surface area contributed by atoms with Crippen LogP contribution in [0, 0.1) is 0 Å². The van der Waals surface area contributed by atoms with Crippen LogP contribution in [0.4, 0.5) is 10.5 Å². The molecule has 2 aromatic carbocycles. The van der Waals surface area contributed by atoms with Gasteiger partial charge < -0.3 is 24.8 Å². The molecule has 0 aliphatic carbocycles. The fourth-order valence-corrected chi connectivity index (χ4v) is 3.48. The van der Waals surface area contributed by atoms with Crippen molar-refractivity contribution in [3.05, 3.63) is 48.0 Å². The van der Waals surface area contributed by atoms with Crippen molar-refractivity contribution in [2.45, 2.75) is 18.9 Å². The molecule has 4 rings (SSSR count). The van der Waals surface area contributed by atoms with Gasteiger partial charge in [0.15, 0.2) is 11.5 Å². The van der Waals surface area contributed by atoms with Gasteiger partial charge in [0.1, 0.15) is 25.0 Å². The van der Waals surface area contributed by atoms with E-state index in [1.54, 1.807) is 25.3 Å². The number of rotatable bonds is 7. The zero-order valence-electron chi connectivity index (χ0n) is 17.1. The van der Waals surface area contributed by atoms with Crippen LogP contribution in [-0.4, -0.2) is 55.7 Å². The first kappa shape index (κ1) is 20.5. The Labute approximate surface area is 179 Å². The van der Waals surface area contributed by atoms with Crippen molar-refractivity contribution in [2.24, 2.45) is 0 Å². The molecule has 162 valence electrons. The van der Waals surface area contributed by atoms with Crippen molar-refractivity contribution in [2.75, 3.05) is 32.2 Å². The number of ether oxygens (including phenoxy) is 3. The number of carbonyl (C=O) groups excluding carboxylic acids is 3. The van der Waals surface area contributed by atoms with E-state index in [0.29, 0.717) is 36.8 Å². The number of amides is 4. The van der Waals surface area contributed by atoms with Crippen molar-refractivity contribution < 1.29 is 28.6 Å². The highest BCUT2D eigenvalue weighted by molar-refractivity contribution is 6.07. The van der Waals surface area contributed by atoms with Gasteiger partial charge in [-0.05, 0) is 36.2 Å². The zero-order valence-corrected chi connectivity index (χ0v) is 17.1. The summed E-state index contributed by atoms with van der Waals surface area (Å²) in [7, 11) is 1.59. The van der Waals surface area contributed by atoms with E-state index in [0.717, 1.165) is 16.2 Å². The minimum absolute atomic E-state index is 0.155. The van der Waals surface area contributed by atoms with E-state index in [-0.39, 0.29) is 18.9 Å². The second kappa shape index (κ2) is 8.95. The molecule has 0 aromatic heterocycles. The van der Waals surface area contributed by atoms with Crippen LogP contribution in [0.1, 0.15) is 12.0 Å². The number of methoxy groups -OCH3 is 1. The number of benzene rings is 2. The summed E-state index contributed by atoms with van der Waals surface area (Å²) in [5, 5.41) is 5.32. The van der Waals surface area contributed by atoms with Gasteiger partial charge in [0, 0.05) is 18.3 Å². The molecule has 1 fully saturated rings. The van der Waals surface area contributed by atoms with Crippen LogP contribution in [0.15, 0.2) is 42.5 Å². The van der Waals surface area contributed by atoms with Crippen molar-refractivity contribution in [1.29, 1.82) is 0 Å². The molecule has 2 N–H and O–H groups in total. The van der Waals surface area contributed by atoms with Gasteiger partial charge in [-0.3, -0.25) is 14.5 Å². The molecule has 0 saturated carbocycles. The minimum atomic E-state index is -0.888. The number of anilines is 1. The average molecular weight is 425 g/mol. The van der Waals surface area contributed by atoms with E-state index in [9.17, 15) is 14.4 Å². The Morgan fingerprint density at radius 1 is 1.13 bits per heavy atom. The van der Waals surface area contributed by atoms with Gasteiger partial charge in [-0.25, -0.2) is 4.79 Å². The van der Waals surface area contributed by atoms with E-state index >= 15 is 0 Å². The van der Waals surface area contributed by atoms with Gasteiger partial charge in [0.05, 0.1) is 13.5 Å². The molecule has 0 unspecified atom stereocenters. The number of carbonyl (C=O) groups is 3. The van der Waals surface area contributed by atoms with Gasteiger partial charge in [0.2, 0.25) is 5.91 Å². The smallest absolute Gasteiger partial charge is 0.324 e. The van der Waals surface area contributed by atoms with Crippen LogP contribution in [0.5, 0.6) is 17.2 Å². The number of imide groups is 1. The summed E-state index contributed by atoms with van der Waals surface area (Å²) in [5.41, 5.74) is 1.50. The highest BCUT2D eigenvalue weighted by atomic mass is 16.6. The van der Waals surface area contributed by atoms with Gasteiger partial charge >= 0.3 is 6.03 Å². The number of hydrogen-bond donors (Lipinski definition) is 2. The molecule has 0 spiro atoms. The maximum atomic E-state index is 12.6. The quantitative estimate of drug-likeness (QED) is 0.657. The lowest BCUT2D eigenvalue weighted by molar-refractivity contribution is -0.129. The standard InChI is InChI=1S/C22H23N3O6/c1-29-16-5-2-14(3-6-16)8-9-25-21(27)17(24-22(25)28)13-20(26)23-15-4-7-18-19(12-15)31-11-10-30-18/h2-7,12,17H,8-11,13H2,1H3,(H,23,26)(H,24,28)/t17-/m1/s1. The lowest BCUT2D eigenvalue weighted by Crippen LogP contribution is -2.35. The zero-order chi connectivity index (χ0) is 21.8. The summed E-state index contributed by atoms with van der Waals surface area (Å²) in [4.78, 5) is 38.4. The summed E-state index contributed by atoms with van der Waals surface area (Å²) < 4.78 is 16.1. The van der Waals surface area contributed by atoms with Gasteiger partial charge in [-0.15, -0.1) is 0 Å². The second-order valence-electron chi connectivity index (χ2n) is 7.20. The lowest BCUT2D eigenvalue weighted by atomic mass is 10.1. The average Bonchev–Trinajstić information content (AvgIpc) is 3.04. The summed E-state index contributed by atoms with van der Waals surface area (Å²) in [5.74, 6) is 1.12. The second-order valence-corrected chi connectivity index (χ2v) is 7.20.